The van der Waals surface area contributed by atoms with Gasteiger partial charge in [0.05, 0.1) is 16.6 Å². The van der Waals surface area contributed by atoms with Crippen molar-refractivity contribution in [2.45, 2.75) is 0 Å². The summed E-state index contributed by atoms with van der Waals surface area (Å²) < 4.78 is 1.46. The van der Waals surface area contributed by atoms with E-state index >= 15 is 0 Å². The zero-order valence-corrected chi connectivity index (χ0v) is 14.6. The van der Waals surface area contributed by atoms with E-state index in [0.29, 0.717) is 26.6 Å². The quantitative estimate of drug-likeness (QED) is 0.534. The monoisotopic (exact) mass is 384 g/mol. The Kier molecular flexibility index (Phi) is 3.90. The standard InChI is InChI=1S/C19H10Cl2N2O3/c20-12-5-11(6-13(21)8-12)18(24)23-16-3-4-22-9-15(16)14-2-1-10(19(25)26)7-17(14)23/h1-9H,(H,25,26). The zero-order chi connectivity index (χ0) is 18.4. The number of benzene rings is 2. The number of aromatic carboxylic acids is 1. The molecule has 0 atom stereocenters. The highest BCUT2D eigenvalue weighted by Gasteiger charge is 2.19. The molecule has 0 saturated heterocycles. The number of rotatable bonds is 2. The lowest BCUT2D eigenvalue weighted by Crippen LogP contribution is -2.12. The smallest absolute Gasteiger partial charge is 0.335 e. The van der Waals surface area contributed by atoms with E-state index in [4.69, 9.17) is 23.2 Å². The lowest BCUT2D eigenvalue weighted by atomic mass is 10.1. The summed E-state index contributed by atoms with van der Waals surface area (Å²) in [6.07, 6.45) is 3.22. The van der Waals surface area contributed by atoms with Crippen LogP contribution in [0.15, 0.2) is 54.9 Å². The number of pyridine rings is 1. The van der Waals surface area contributed by atoms with Gasteiger partial charge < -0.3 is 5.11 Å². The first-order valence-corrected chi connectivity index (χ1v) is 8.33. The lowest BCUT2D eigenvalue weighted by Gasteiger charge is -2.08. The average Bonchev–Trinajstić information content (AvgIpc) is 2.94. The predicted molar refractivity (Wildman–Crippen MR) is 100 cm³/mol. The number of fused-ring (bicyclic) bond motifs is 3. The van der Waals surface area contributed by atoms with Gasteiger partial charge in [-0.15, -0.1) is 0 Å². The van der Waals surface area contributed by atoms with Crippen molar-refractivity contribution in [1.29, 1.82) is 0 Å². The molecule has 2 aromatic carbocycles. The minimum Gasteiger partial charge on any atom is -0.478 e. The highest BCUT2D eigenvalue weighted by Crippen LogP contribution is 2.30. The Balaban J connectivity index is 2.07. The van der Waals surface area contributed by atoms with Crippen LogP contribution in [0.2, 0.25) is 10.0 Å². The van der Waals surface area contributed by atoms with Gasteiger partial charge in [-0.2, -0.15) is 0 Å². The van der Waals surface area contributed by atoms with Crippen LogP contribution in [0.3, 0.4) is 0 Å². The molecule has 0 amide bonds. The molecule has 4 rings (SSSR count). The van der Waals surface area contributed by atoms with E-state index < -0.39 is 5.97 Å². The minimum atomic E-state index is -1.07. The normalized spacial score (nSPS) is 11.2. The van der Waals surface area contributed by atoms with Gasteiger partial charge in [-0.05, 0) is 36.4 Å². The first-order chi connectivity index (χ1) is 12.5. The third-order valence-corrected chi connectivity index (χ3v) is 4.56. The molecule has 0 saturated carbocycles. The molecule has 1 N–H and O–H groups in total. The molecular formula is C19H10Cl2N2O3. The topological polar surface area (TPSA) is 72.2 Å². The van der Waals surface area contributed by atoms with Crippen molar-refractivity contribution in [3.63, 3.8) is 0 Å². The van der Waals surface area contributed by atoms with Crippen molar-refractivity contribution in [3.8, 4) is 0 Å². The van der Waals surface area contributed by atoms with E-state index in [2.05, 4.69) is 4.98 Å². The third kappa shape index (κ3) is 2.62. The van der Waals surface area contributed by atoms with Gasteiger partial charge >= 0.3 is 5.97 Å². The third-order valence-electron chi connectivity index (χ3n) is 4.13. The summed E-state index contributed by atoms with van der Waals surface area (Å²) in [5.74, 6) is -1.43. The minimum absolute atomic E-state index is 0.0893. The van der Waals surface area contributed by atoms with Crippen molar-refractivity contribution in [2.24, 2.45) is 0 Å². The SMILES string of the molecule is O=C(O)c1ccc2c3cnccc3n(C(=O)c3cc(Cl)cc(Cl)c3)c2c1. The molecule has 26 heavy (non-hydrogen) atoms. The maximum Gasteiger partial charge on any atom is 0.335 e. The van der Waals surface area contributed by atoms with E-state index in [1.54, 1.807) is 24.5 Å². The second-order valence-electron chi connectivity index (χ2n) is 5.73. The molecule has 0 bridgehead atoms. The maximum atomic E-state index is 13.2. The summed E-state index contributed by atoms with van der Waals surface area (Å²) in [4.78, 5) is 28.7. The van der Waals surface area contributed by atoms with Crippen LogP contribution in [0.25, 0.3) is 21.8 Å². The van der Waals surface area contributed by atoms with Gasteiger partial charge in [0.1, 0.15) is 0 Å². The summed E-state index contributed by atoms with van der Waals surface area (Å²) in [5.41, 5.74) is 1.50. The van der Waals surface area contributed by atoms with Crippen LogP contribution < -0.4 is 0 Å². The average molecular weight is 385 g/mol. The van der Waals surface area contributed by atoms with E-state index in [-0.39, 0.29) is 11.5 Å². The van der Waals surface area contributed by atoms with Gasteiger partial charge in [-0.1, -0.05) is 29.3 Å². The van der Waals surface area contributed by atoms with E-state index in [1.165, 1.54) is 34.9 Å². The molecule has 128 valence electrons. The van der Waals surface area contributed by atoms with Crippen LogP contribution in [0, 0.1) is 0 Å². The Hall–Kier alpha value is -2.89. The summed E-state index contributed by atoms with van der Waals surface area (Å²) in [7, 11) is 0. The fraction of sp³-hybridized carbons (Fsp3) is 0. The highest BCUT2D eigenvalue weighted by atomic mass is 35.5. The van der Waals surface area contributed by atoms with Crippen LogP contribution in [-0.4, -0.2) is 26.5 Å². The number of hydrogen-bond donors (Lipinski definition) is 1. The Morgan fingerprint density at radius 2 is 1.62 bits per heavy atom. The molecule has 0 aliphatic carbocycles. The van der Waals surface area contributed by atoms with Crippen molar-refractivity contribution < 1.29 is 14.7 Å². The van der Waals surface area contributed by atoms with Crippen molar-refractivity contribution in [3.05, 3.63) is 76.0 Å². The van der Waals surface area contributed by atoms with Gasteiger partial charge in [0.15, 0.2) is 0 Å². The molecule has 5 nitrogen and oxygen atoms in total. The number of nitrogens with zero attached hydrogens (tertiary/aromatic N) is 2. The maximum absolute atomic E-state index is 13.2. The second-order valence-corrected chi connectivity index (χ2v) is 6.60. The number of hydrogen-bond acceptors (Lipinski definition) is 3. The fourth-order valence-corrected chi connectivity index (χ4v) is 3.55. The van der Waals surface area contributed by atoms with Gasteiger partial charge in [0, 0.05) is 38.8 Å². The van der Waals surface area contributed by atoms with Crippen molar-refractivity contribution >= 4 is 56.9 Å². The van der Waals surface area contributed by atoms with Crippen LogP contribution in [0.5, 0.6) is 0 Å². The van der Waals surface area contributed by atoms with Crippen molar-refractivity contribution in [2.75, 3.05) is 0 Å². The molecule has 0 spiro atoms. The van der Waals surface area contributed by atoms with E-state index in [9.17, 15) is 14.7 Å². The van der Waals surface area contributed by atoms with Crippen LogP contribution >= 0.6 is 23.2 Å². The lowest BCUT2D eigenvalue weighted by molar-refractivity contribution is 0.0696. The van der Waals surface area contributed by atoms with Gasteiger partial charge in [0.25, 0.3) is 5.91 Å². The van der Waals surface area contributed by atoms with E-state index in [0.717, 1.165) is 10.8 Å². The van der Waals surface area contributed by atoms with E-state index in [1.807, 2.05) is 0 Å². The molecule has 2 aromatic heterocycles. The first kappa shape index (κ1) is 16.6. The molecule has 0 aliphatic heterocycles. The second kappa shape index (κ2) is 6.12. The number of aromatic nitrogens is 2. The summed E-state index contributed by atoms with van der Waals surface area (Å²) in [6.45, 7) is 0. The Morgan fingerprint density at radius 1 is 0.885 bits per heavy atom. The largest absolute Gasteiger partial charge is 0.478 e. The van der Waals surface area contributed by atoms with Gasteiger partial charge in [-0.25, -0.2) is 4.79 Å². The van der Waals surface area contributed by atoms with Crippen molar-refractivity contribution in [1.82, 2.24) is 9.55 Å². The Bertz CT molecular complexity index is 1190. The predicted octanol–water partition coefficient (Wildman–Crippen LogP) is 4.88. The number of carboxylic acids is 1. The zero-order valence-electron chi connectivity index (χ0n) is 13.1. The Labute approximate surface area is 157 Å². The van der Waals surface area contributed by atoms with Crippen LogP contribution in [0.4, 0.5) is 0 Å². The first-order valence-electron chi connectivity index (χ1n) is 7.58. The molecule has 0 unspecified atom stereocenters. The number of carbonyl (C=O) groups excluding carboxylic acids is 1. The number of carboxylic acid groups (broad SMARTS) is 1. The van der Waals surface area contributed by atoms with Crippen LogP contribution in [0.1, 0.15) is 20.7 Å². The molecule has 7 heteroatoms. The summed E-state index contributed by atoms with van der Waals surface area (Å²) >= 11 is 12.1. The molecule has 0 fully saturated rings. The molecule has 0 radical (unpaired) electrons. The molecular weight excluding hydrogens is 375 g/mol. The number of halogens is 2. The molecule has 2 heterocycles. The summed E-state index contributed by atoms with van der Waals surface area (Å²) in [5, 5.41) is 11.5. The van der Waals surface area contributed by atoms with Gasteiger partial charge in [0.2, 0.25) is 0 Å². The summed E-state index contributed by atoms with van der Waals surface area (Å²) in [6, 6.07) is 10.9. The molecule has 0 aliphatic rings. The van der Waals surface area contributed by atoms with Crippen LogP contribution in [-0.2, 0) is 0 Å². The number of carbonyl (C=O) groups is 2. The van der Waals surface area contributed by atoms with Gasteiger partial charge in [-0.3, -0.25) is 14.3 Å². The fourth-order valence-electron chi connectivity index (χ4n) is 3.02. The Morgan fingerprint density at radius 3 is 2.31 bits per heavy atom. The highest BCUT2D eigenvalue weighted by molar-refractivity contribution is 6.35. The molecule has 4 aromatic rings.